The van der Waals surface area contributed by atoms with Crippen molar-refractivity contribution in [3.63, 3.8) is 0 Å². The summed E-state index contributed by atoms with van der Waals surface area (Å²) in [5.74, 6) is 0.670. The van der Waals surface area contributed by atoms with Crippen molar-refractivity contribution < 1.29 is 9.53 Å². The number of nitrogens with one attached hydrogen (secondary N) is 1. The lowest BCUT2D eigenvalue weighted by Crippen LogP contribution is -2.38. The van der Waals surface area contributed by atoms with Crippen LogP contribution in [0, 0.1) is 5.92 Å². The Kier molecular flexibility index (Phi) is 5.76. The van der Waals surface area contributed by atoms with Gasteiger partial charge in [0.05, 0.1) is 5.02 Å². The van der Waals surface area contributed by atoms with E-state index in [2.05, 4.69) is 5.32 Å². The Hall–Kier alpha value is -0.930. The molecule has 0 aromatic heterocycles. The zero-order chi connectivity index (χ0) is 13.7. The molecule has 1 unspecified atom stereocenters. The van der Waals surface area contributed by atoms with Gasteiger partial charge in [0.1, 0.15) is 5.75 Å². The summed E-state index contributed by atoms with van der Waals surface area (Å²) < 4.78 is 5.33. The number of hydrogen-bond acceptors (Lipinski definition) is 2. The monoisotopic (exact) mass is 289 g/mol. The van der Waals surface area contributed by atoms with Crippen LogP contribution in [-0.2, 0) is 4.79 Å². The highest BCUT2D eigenvalue weighted by atomic mass is 35.5. The first kappa shape index (κ1) is 15.1. The molecular weight excluding hydrogens is 273 g/mol. The first-order chi connectivity index (χ1) is 8.40. The molecule has 0 heterocycles. The molecule has 18 heavy (non-hydrogen) atoms. The molecule has 0 aliphatic heterocycles. The van der Waals surface area contributed by atoms with Crippen LogP contribution >= 0.6 is 23.2 Å². The van der Waals surface area contributed by atoms with Crippen LogP contribution < -0.4 is 10.1 Å². The van der Waals surface area contributed by atoms with E-state index in [-0.39, 0.29) is 18.6 Å². The molecule has 0 aliphatic rings. The van der Waals surface area contributed by atoms with Crippen molar-refractivity contribution in [1.29, 1.82) is 0 Å². The second-order valence-corrected chi connectivity index (χ2v) is 5.31. The van der Waals surface area contributed by atoms with Gasteiger partial charge in [-0.25, -0.2) is 0 Å². The highest BCUT2D eigenvalue weighted by Gasteiger charge is 2.11. The van der Waals surface area contributed by atoms with E-state index >= 15 is 0 Å². The maximum atomic E-state index is 11.6. The predicted molar refractivity (Wildman–Crippen MR) is 74.4 cm³/mol. The van der Waals surface area contributed by atoms with E-state index in [0.717, 1.165) is 0 Å². The summed E-state index contributed by atoms with van der Waals surface area (Å²) in [7, 11) is 0. The third-order valence-electron chi connectivity index (χ3n) is 2.64. The average Bonchev–Trinajstić information content (AvgIpc) is 2.27. The lowest BCUT2D eigenvalue weighted by molar-refractivity contribution is -0.123. The Labute approximate surface area is 117 Å². The first-order valence-electron chi connectivity index (χ1n) is 5.77. The molecule has 5 heteroatoms. The van der Waals surface area contributed by atoms with Gasteiger partial charge >= 0.3 is 0 Å². The molecule has 0 bridgehead atoms. The van der Waals surface area contributed by atoms with Gasteiger partial charge in [0.15, 0.2) is 6.61 Å². The lowest BCUT2D eigenvalue weighted by atomic mass is 10.1. The third-order valence-corrected chi connectivity index (χ3v) is 3.17. The van der Waals surface area contributed by atoms with Crippen molar-refractivity contribution in [3.8, 4) is 5.75 Å². The van der Waals surface area contributed by atoms with E-state index < -0.39 is 0 Å². The molecular formula is C13H17Cl2NO2. The second kappa shape index (κ2) is 6.86. The summed E-state index contributed by atoms with van der Waals surface area (Å²) >= 11 is 11.7. The molecule has 1 aromatic carbocycles. The first-order valence-corrected chi connectivity index (χ1v) is 6.53. The molecule has 0 aliphatic carbocycles. The minimum Gasteiger partial charge on any atom is -0.482 e. The van der Waals surface area contributed by atoms with Crippen molar-refractivity contribution in [2.75, 3.05) is 6.61 Å². The van der Waals surface area contributed by atoms with E-state index in [0.29, 0.717) is 21.7 Å². The van der Waals surface area contributed by atoms with Crippen LogP contribution in [0.15, 0.2) is 18.2 Å². The standard InChI is InChI=1S/C13H17Cl2NO2/c1-8(2)9(3)16-13(17)7-18-12-5-4-10(14)6-11(12)15/h4-6,8-9H,7H2,1-3H3,(H,16,17). The minimum atomic E-state index is -0.165. The van der Waals surface area contributed by atoms with Crippen molar-refractivity contribution in [3.05, 3.63) is 28.2 Å². The summed E-state index contributed by atoms with van der Waals surface area (Å²) in [6.45, 7) is 5.99. The normalized spacial score (nSPS) is 12.3. The fraction of sp³-hybridized carbons (Fsp3) is 0.462. The number of ether oxygens (including phenoxy) is 1. The minimum absolute atomic E-state index is 0.0571. The summed E-state index contributed by atoms with van der Waals surface area (Å²) in [4.78, 5) is 11.6. The molecule has 1 aromatic rings. The van der Waals surface area contributed by atoms with Crippen molar-refractivity contribution >= 4 is 29.1 Å². The van der Waals surface area contributed by atoms with Crippen LogP contribution in [0.1, 0.15) is 20.8 Å². The van der Waals surface area contributed by atoms with Crippen LogP contribution in [0.2, 0.25) is 10.0 Å². The lowest BCUT2D eigenvalue weighted by Gasteiger charge is -2.17. The molecule has 0 saturated heterocycles. The highest BCUT2D eigenvalue weighted by Crippen LogP contribution is 2.27. The van der Waals surface area contributed by atoms with Crippen molar-refractivity contribution in [1.82, 2.24) is 5.32 Å². The SMILES string of the molecule is CC(C)C(C)NC(=O)COc1ccc(Cl)cc1Cl. The Morgan fingerprint density at radius 1 is 1.33 bits per heavy atom. The molecule has 0 radical (unpaired) electrons. The Morgan fingerprint density at radius 3 is 2.56 bits per heavy atom. The zero-order valence-corrected chi connectivity index (χ0v) is 12.2. The van der Waals surface area contributed by atoms with Gasteiger partial charge in [-0.15, -0.1) is 0 Å². The molecule has 1 N–H and O–H groups in total. The second-order valence-electron chi connectivity index (χ2n) is 4.46. The Balaban J connectivity index is 2.47. The molecule has 100 valence electrons. The van der Waals surface area contributed by atoms with Gasteiger partial charge in [0, 0.05) is 11.1 Å². The molecule has 0 fully saturated rings. The number of carbonyl (C=O) groups is 1. The maximum absolute atomic E-state index is 11.6. The number of amides is 1. The predicted octanol–water partition coefficient (Wildman–Crippen LogP) is 3.53. The fourth-order valence-corrected chi connectivity index (χ4v) is 1.66. The Morgan fingerprint density at radius 2 is 2.00 bits per heavy atom. The summed E-state index contributed by atoms with van der Waals surface area (Å²) in [6.07, 6.45) is 0. The van der Waals surface area contributed by atoms with Gasteiger partial charge in [0.2, 0.25) is 0 Å². The smallest absolute Gasteiger partial charge is 0.258 e. The number of carbonyl (C=O) groups excluding carboxylic acids is 1. The van der Waals surface area contributed by atoms with Gasteiger partial charge in [-0.1, -0.05) is 37.0 Å². The molecule has 1 amide bonds. The van der Waals surface area contributed by atoms with Crippen LogP contribution in [0.5, 0.6) is 5.75 Å². The molecule has 1 atom stereocenters. The highest BCUT2D eigenvalue weighted by molar-refractivity contribution is 6.35. The number of benzene rings is 1. The van der Waals surface area contributed by atoms with Gasteiger partial charge in [-0.05, 0) is 31.0 Å². The number of rotatable bonds is 5. The van der Waals surface area contributed by atoms with Crippen molar-refractivity contribution in [2.24, 2.45) is 5.92 Å². The maximum Gasteiger partial charge on any atom is 0.258 e. The molecule has 0 spiro atoms. The zero-order valence-electron chi connectivity index (χ0n) is 10.7. The van der Waals surface area contributed by atoms with Crippen LogP contribution in [0.3, 0.4) is 0 Å². The van der Waals surface area contributed by atoms with Crippen LogP contribution in [-0.4, -0.2) is 18.6 Å². The van der Waals surface area contributed by atoms with E-state index in [1.807, 2.05) is 20.8 Å². The largest absolute Gasteiger partial charge is 0.482 e. The quantitative estimate of drug-likeness (QED) is 0.900. The summed E-state index contributed by atoms with van der Waals surface area (Å²) in [6, 6.07) is 5.00. The van der Waals surface area contributed by atoms with Crippen LogP contribution in [0.25, 0.3) is 0 Å². The van der Waals surface area contributed by atoms with Gasteiger partial charge in [0.25, 0.3) is 5.91 Å². The fourth-order valence-electron chi connectivity index (χ4n) is 1.20. The van der Waals surface area contributed by atoms with Gasteiger partial charge < -0.3 is 10.1 Å². The number of halogens is 2. The summed E-state index contributed by atoms with van der Waals surface area (Å²) in [5.41, 5.74) is 0. The van der Waals surface area contributed by atoms with E-state index in [4.69, 9.17) is 27.9 Å². The van der Waals surface area contributed by atoms with Gasteiger partial charge in [-0.2, -0.15) is 0 Å². The van der Waals surface area contributed by atoms with Gasteiger partial charge in [-0.3, -0.25) is 4.79 Å². The van der Waals surface area contributed by atoms with E-state index in [1.165, 1.54) is 0 Å². The molecule has 3 nitrogen and oxygen atoms in total. The van der Waals surface area contributed by atoms with E-state index in [9.17, 15) is 4.79 Å². The Bertz CT molecular complexity index is 421. The average molecular weight is 290 g/mol. The molecule has 0 saturated carbocycles. The number of hydrogen-bond donors (Lipinski definition) is 1. The topological polar surface area (TPSA) is 38.3 Å². The molecule has 1 rings (SSSR count). The summed E-state index contributed by atoms with van der Waals surface area (Å²) in [5, 5.41) is 3.78. The van der Waals surface area contributed by atoms with E-state index in [1.54, 1.807) is 18.2 Å². The van der Waals surface area contributed by atoms with Crippen LogP contribution in [0.4, 0.5) is 0 Å². The van der Waals surface area contributed by atoms with Crippen molar-refractivity contribution in [2.45, 2.75) is 26.8 Å². The third kappa shape index (κ3) is 4.75.